The number of carbonyl (C=O) groups is 1. The molecule has 0 atom stereocenters. The molecule has 35 heavy (non-hydrogen) atoms. The Morgan fingerprint density at radius 2 is 1.83 bits per heavy atom. The molecule has 4 aromatic rings. The summed E-state index contributed by atoms with van der Waals surface area (Å²) >= 11 is 0. The molecule has 1 fully saturated rings. The van der Waals surface area contributed by atoms with Gasteiger partial charge in [0.05, 0.1) is 16.8 Å². The average molecular weight is 484 g/mol. The van der Waals surface area contributed by atoms with Gasteiger partial charge in [-0.1, -0.05) is 25.1 Å². The third kappa shape index (κ3) is 3.73. The minimum atomic E-state index is -4.57. The Bertz CT molecular complexity index is 1500. The first kappa shape index (κ1) is 22.9. The van der Waals surface area contributed by atoms with Gasteiger partial charge in [-0.2, -0.15) is 13.2 Å². The molecule has 0 aliphatic carbocycles. The fourth-order valence-electron chi connectivity index (χ4n) is 4.82. The first-order valence-electron chi connectivity index (χ1n) is 11.1. The van der Waals surface area contributed by atoms with Gasteiger partial charge in [0.1, 0.15) is 11.1 Å². The van der Waals surface area contributed by atoms with Gasteiger partial charge in [0.25, 0.3) is 11.5 Å². The summed E-state index contributed by atoms with van der Waals surface area (Å²) in [6, 6.07) is 10.7. The average Bonchev–Trinajstić information content (AvgIpc) is 3.26. The number of fused-ring (bicyclic) bond motifs is 2. The molecule has 0 bridgehead atoms. The molecular formula is C25H23F3N4O3. The van der Waals surface area contributed by atoms with E-state index in [1.807, 2.05) is 36.1 Å². The fraction of sp³-hybridized carbons (Fsp3) is 0.320. The number of aromatic nitrogens is 2. The maximum Gasteiger partial charge on any atom is 0.416 e. The van der Waals surface area contributed by atoms with Crippen LogP contribution in [-0.2, 0) is 18.6 Å². The number of amides is 1. The number of nitrogens with zero attached hydrogens (tertiary/aromatic N) is 3. The number of carbonyl (C=O) groups excluding carboxylic acids is 1. The van der Waals surface area contributed by atoms with Crippen molar-refractivity contribution in [2.45, 2.75) is 31.4 Å². The van der Waals surface area contributed by atoms with E-state index < -0.39 is 23.2 Å². The highest BCUT2D eigenvalue weighted by Gasteiger charge is 2.38. The Hall–Kier alpha value is -3.82. The maximum absolute atomic E-state index is 13.3. The number of aryl methyl sites for hydroxylation is 1. The maximum atomic E-state index is 13.3. The van der Waals surface area contributed by atoms with Crippen LogP contribution in [0.15, 0.2) is 51.7 Å². The van der Waals surface area contributed by atoms with Crippen molar-refractivity contribution >= 4 is 33.6 Å². The number of para-hydroxylation sites is 2. The lowest BCUT2D eigenvalue weighted by Crippen LogP contribution is -2.43. The van der Waals surface area contributed by atoms with Crippen molar-refractivity contribution in [1.29, 1.82) is 0 Å². The van der Waals surface area contributed by atoms with Crippen molar-refractivity contribution in [1.82, 2.24) is 9.55 Å². The van der Waals surface area contributed by atoms with E-state index in [9.17, 15) is 22.8 Å². The third-order valence-corrected chi connectivity index (χ3v) is 6.94. The lowest BCUT2D eigenvalue weighted by atomic mass is 9.80. The normalized spacial score (nSPS) is 16.2. The Kier molecular flexibility index (Phi) is 5.15. The van der Waals surface area contributed by atoms with E-state index in [4.69, 9.17) is 10.2 Å². The summed E-state index contributed by atoms with van der Waals surface area (Å²) in [4.78, 5) is 31.8. The van der Waals surface area contributed by atoms with E-state index in [1.54, 1.807) is 0 Å². The van der Waals surface area contributed by atoms with Crippen LogP contribution in [0.3, 0.4) is 0 Å². The molecule has 1 saturated heterocycles. The first-order chi connectivity index (χ1) is 16.5. The molecule has 7 nitrogen and oxygen atoms in total. The summed E-state index contributed by atoms with van der Waals surface area (Å²) in [5.41, 5.74) is 5.17. The fourth-order valence-corrected chi connectivity index (χ4v) is 4.82. The van der Waals surface area contributed by atoms with Gasteiger partial charge in [0.2, 0.25) is 5.89 Å². The van der Waals surface area contributed by atoms with Gasteiger partial charge in [-0.15, -0.1) is 0 Å². The van der Waals surface area contributed by atoms with E-state index in [0.717, 1.165) is 22.2 Å². The Labute approximate surface area is 197 Å². The minimum absolute atomic E-state index is 0.0807. The van der Waals surface area contributed by atoms with E-state index in [1.165, 1.54) is 13.1 Å². The number of alkyl halides is 3. The molecule has 1 aliphatic rings. The zero-order chi connectivity index (χ0) is 25.1. The Morgan fingerprint density at radius 1 is 1.14 bits per heavy atom. The van der Waals surface area contributed by atoms with Crippen LogP contribution < -0.4 is 16.2 Å². The second kappa shape index (κ2) is 7.86. The molecule has 2 aromatic carbocycles. The molecule has 5 rings (SSSR count). The lowest BCUT2D eigenvalue weighted by Gasteiger charge is -2.39. The molecule has 2 N–H and O–H groups in total. The van der Waals surface area contributed by atoms with Crippen molar-refractivity contribution in [2.75, 3.05) is 18.0 Å². The second-order valence-corrected chi connectivity index (χ2v) is 9.22. The second-order valence-electron chi connectivity index (χ2n) is 9.22. The molecular weight excluding hydrogens is 461 g/mol. The van der Waals surface area contributed by atoms with Crippen molar-refractivity contribution in [3.63, 3.8) is 0 Å². The van der Waals surface area contributed by atoms with E-state index in [-0.39, 0.29) is 22.2 Å². The monoisotopic (exact) mass is 484 g/mol. The van der Waals surface area contributed by atoms with Crippen LogP contribution in [0, 0.1) is 0 Å². The standard InChI is InChI=1S/C25H23F3N4O3/c1-24(23-30-16-5-3-4-6-18(16)35-23)9-11-32(12-10-24)20-15-8-7-14(25(26,27)28)13-17(15)31(2)22(34)19(20)21(29)33/h3-8,13H,9-12H2,1-2H3,(H2,29,33). The van der Waals surface area contributed by atoms with E-state index in [0.29, 0.717) is 42.8 Å². The SMILES string of the molecule is Cn1c(=O)c(C(N)=O)c(N2CCC(C)(c3nc4ccccc4o3)CC2)c2ccc(C(F)(F)F)cc21. The predicted octanol–water partition coefficient (Wildman–Crippen LogP) is 4.36. The molecule has 0 unspecified atom stereocenters. The van der Waals surface area contributed by atoms with Crippen LogP contribution in [0.2, 0.25) is 0 Å². The molecule has 182 valence electrons. The molecule has 0 radical (unpaired) electrons. The van der Waals surface area contributed by atoms with Gasteiger partial charge < -0.3 is 19.6 Å². The number of halogens is 3. The number of hydrogen-bond donors (Lipinski definition) is 1. The zero-order valence-electron chi connectivity index (χ0n) is 19.1. The van der Waals surface area contributed by atoms with Crippen LogP contribution in [0.1, 0.15) is 41.6 Å². The highest BCUT2D eigenvalue weighted by molar-refractivity contribution is 6.07. The molecule has 0 spiro atoms. The molecule has 1 amide bonds. The van der Waals surface area contributed by atoms with Crippen LogP contribution in [0.25, 0.3) is 22.0 Å². The number of anilines is 1. The summed E-state index contributed by atoms with van der Waals surface area (Å²) in [7, 11) is 1.33. The van der Waals surface area contributed by atoms with Gasteiger partial charge in [-0.3, -0.25) is 9.59 Å². The van der Waals surface area contributed by atoms with Crippen molar-refractivity contribution in [3.05, 3.63) is 69.8 Å². The molecule has 0 saturated carbocycles. The minimum Gasteiger partial charge on any atom is -0.440 e. The summed E-state index contributed by atoms with van der Waals surface area (Å²) in [5.74, 6) is -0.313. The van der Waals surface area contributed by atoms with Crippen molar-refractivity contribution in [2.24, 2.45) is 12.8 Å². The van der Waals surface area contributed by atoms with Gasteiger partial charge >= 0.3 is 6.18 Å². The number of primary amides is 1. The van der Waals surface area contributed by atoms with Crippen molar-refractivity contribution < 1.29 is 22.4 Å². The molecule has 1 aliphatic heterocycles. The first-order valence-corrected chi connectivity index (χ1v) is 11.1. The number of piperidine rings is 1. The summed E-state index contributed by atoms with van der Waals surface area (Å²) in [6.07, 6.45) is -3.38. The zero-order valence-corrected chi connectivity index (χ0v) is 19.1. The molecule has 10 heteroatoms. The highest BCUT2D eigenvalue weighted by atomic mass is 19.4. The number of nitrogens with two attached hydrogens (primary N) is 1. The smallest absolute Gasteiger partial charge is 0.416 e. The molecule has 3 heterocycles. The summed E-state index contributed by atoms with van der Waals surface area (Å²) in [5, 5.41) is 0.361. The predicted molar refractivity (Wildman–Crippen MR) is 126 cm³/mol. The quantitative estimate of drug-likeness (QED) is 0.467. The Morgan fingerprint density at radius 3 is 2.46 bits per heavy atom. The van der Waals surface area contributed by atoms with Crippen LogP contribution in [0.4, 0.5) is 18.9 Å². The van der Waals surface area contributed by atoms with Gasteiger partial charge in [0, 0.05) is 30.9 Å². The number of rotatable bonds is 3. The number of benzene rings is 2. The number of hydrogen-bond acceptors (Lipinski definition) is 5. The summed E-state index contributed by atoms with van der Waals surface area (Å²) < 4.78 is 47.1. The van der Waals surface area contributed by atoms with Crippen molar-refractivity contribution in [3.8, 4) is 0 Å². The van der Waals surface area contributed by atoms with E-state index in [2.05, 4.69) is 4.98 Å². The number of oxazole rings is 1. The molecule has 2 aromatic heterocycles. The van der Waals surface area contributed by atoms with Crippen LogP contribution in [-0.4, -0.2) is 28.5 Å². The van der Waals surface area contributed by atoms with Crippen LogP contribution >= 0.6 is 0 Å². The Balaban J connectivity index is 1.58. The largest absolute Gasteiger partial charge is 0.440 e. The number of pyridine rings is 1. The summed E-state index contributed by atoms with van der Waals surface area (Å²) in [6.45, 7) is 2.90. The van der Waals surface area contributed by atoms with Gasteiger partial charge in [0.15, 0.2) is 5.58 Å². The van der Waals surface area contributed by atoms with Gasteiger partial charge in [-0.25, -0.2) is 4.98 Å². The van der Waals surface area contributed by atoms with E-state index >= 15 is 0 Å². The van der Waals surface area contributed by atoms with Crippen LogP contribution in [0.5, 0.6) is 0 Å². The van der Waals surface area contributed by atoms with Gasteiger partial charge in [-0.05, 0) is 37.1 Å². The lowest BCUT2D eigenvalue weighted by molar-refractivity contribution is -0.137. The topological polar surface area (TPSA) is 94.4 Å². The third-order valence-electron chi connectivity index (χ3n) is 6.94. The highest BCUT2D eigenvalue weighted by Crippen LogP contribution is 2.40.